The number of carbonyl (C=O) groups is 1. The van der Waals surface area contributed by atoms with Crippen LogP contribution >= 0.6 is 11.6 Å². The quantitative estimate of drug-likeness (QED) is 0.363. The van der Waals surface area contributed by atoms with Crippen LogP contribution in [-0.2, 0) is 22.6 Å². The molecule has 2 aromatic carbocycles. The zero-order valence-electron chi connectivity index (χ0n) is 18.2. The van der Waals surface area contributed by atoms with Crippen molar-refractivity contribution < 1.29 is 19.2 Å². The van der Waals surface area contributed by atoms with Crippen LogP contribution in [0.2, 0.25) is 5.02 Å². The summed E-state index contributed by atoms with van der Waals surface area (Å²) in [6, 6.07) is 15.8. The molecule has 168 valence electrons. The Labute approximate surface area is 196 Å². The fourth-order valence-corrected chi connectivity index (χ4v) is 3.86. The normalized spacial score (nSPS) is 11.0. The molecule has 0 amide bonds. The van der Waals surface area contributed by atoms with E-state index in [-0.39, 0.29) is 12.8 Å². The Morgan fingerprint density at radius 1 is 1.12 bits per heavy atom. The van der Waals surface area contributed by atoms with Crippen LogP contribution in [0.4, 0.5) is 0 Å². The van der Waals surface area contributed by atoms with Gasteiger partial charge in [-0.15, -0.1) is 0 Å². The minimum atomic E-state index is -0.902. The van der Waals surface area contributed by atoms with Gasteiger partial charge in [-0.1, -0.05) is 47.1 Å². The number of aryl methyl sites for hydroxylation is 2. The molecule has 0 aliphatic heterocycles. The Morgan fingerprint density at radius 2 is 1.94 bits per heavy atom. The molecule has 0 saturated heterocycles. The highest BCUT2D eigenvalue weighted by atomic mass is 35.5. The van der Waals surface area contributed by atoms with E-state index < -0.39 is 5.97 Å². The molecule has 0 unspecified atom stereocenters. The molecule has 4 aromatic rings. The van der Waals surface area contributed by atoms with Crippen LogP contribution < -0.4 is 0 Å². The Morgan fingerprint density at radius 3 is 2.67 bits per heavy atom. The molecule has 0 bridgehead atoms. The first-order valence-electron chi connectivity index (χ1n) is 10.3. The number of carboxylic acid groups (broad SMARTS) is 1. The number of benzene rings is 2. The van der Waals surface area contributed by atoms with Crippen LogP contribution in [0.5, 0.6) is 0 Å². The topological polar surface area (TPSA) is 98.3 Å². The number of aromatic nitrogens is 3. The summed E-state index contributed by atoms with van der Waals surface area (Å²) in [7, 11) is 1.66. The van der Waals surface area contributed by atoms with E-state index in [0.717, 1.165) is 22.3 Å². The fraction of sp³-hybridized carbons (Fsp3) is 0.200. The fourth-order valence-electron chi connectivity index (χ4n) is 3.60. The predicted octanol–water partition coefficient (Wildman–Crippen LogP) is 5.59. The van der Waals surface area contributed by atoms with Crippen LogP contribution in [0.15, 0.2) is 59.3 Å². The third-order valence-corrected chi connectivity index (χ3v) is 5.59. The van der Waals surface area contributed by atoms with Crippen molar-refractivity contribution in [2.45, 2.75) is 26.4 Å². The highest BCUT2D eigenvalue weighted by Gasteiger charge is 2.16. The second-order valence-corrected chi connectivity index (χ2v) is 8.00. The number of rotatable bonds is 8. The summed E-state index contributed by atoms with van der Waals surface area (Å²) >= 11 is 6.27. The average molecular weight is 464 g/mol. The van der Waals surface area contributed by atoms with E-state index in [2.05, 4.69) is 34.2 Å². The highest BCUT2D eigenvalue weighted by Crippen LogP contribution is 2.32. The van der Waals surface area contributed by atoms with Crippen molar-refractivity contribution in [1.82, 2.24) is 15.1 Å². The first kappa shape index (κ1) is 22.6. The molecule has 8 heteroatoms. The third-order valence-electron chi connectivity index (χ3n) is 5.26. The molecule has 0 spiro atoms. The number of hydrogen-bond acceptors (Lipinski definition) is 6. The summed E-state index contributed by atoms with van der Waals surface area (Å²) in [5.74, 6) is -0.189. The van der Waals surface area contributed by atoms with E-state index >= 15 is 0 Å². The van der Waals surface area contributed by atoms with Crippen molar-refractivity contribution in [2.24, 2.45) is 0 Å². The third kappa shape index (κ3) is 5.10. The van der Waals surface area contributed by atoms with Crippen LogP contribution in [0, 0.1) is 6.92 Å². The van der Waals surface area contributed by atoms with Gasteiger partial charge in [0, 0.05) is 30.9 Å². The number of carboxylic acids is 1. The van der Waals surface area contributed by atoms with Gasteiger partial charge in [0.15, 0.2) is 0 Å². The maximum Gasteiger partial charge on any atom is 0.303 e. The molecular formula is C25H22ClN3O4. The first-order chi connectivity index (χ1) is 16.0. The molecule has 7 nitrogen and oxygen atoms in total. The van der Waals surface area contributed by atoms with Gasteiger partial charge in [0.25, 0.3) is 5.89 Å². The van der Waals surface area contributed by atoms with Gasteiger partial charge in [-0.05, 0) is 47.4 Å². The molecule has 0 radical (unpaired) electrons. The Kier molecular flexibility index (Phi) is 6.82. The van der Waals surface area contributed by atoms with E-state index in [4.69, 9.17) is 26.0 Å². The Balaban J connectivity index is 1.63. The summed E-state index contributed by atoms with van der Waals surface area (Å²) in [4.78, 5) is 19.6. The lowest BCUT2D eigenvalue weighted by Gasteiger charge is -2.12. The molecule has 0 fully saturated rings. The lowest BCUT2D eigenvalue weighted by molar-refractivity contribution is -0.136. The number of ether oxygens (including phenoxy) is 1. The van der Waals surface area contributed by atoms with Crippen molar-refractivity contribution in [3.8, 4) is 34.0 Å². The first-order valence-corrected chi connectivity index (χ1v) is 10.7. The van der Waals surface area contributed by atoms with Crippen molar-refractivity contribution in [2.75, 3.05) is 7.11 Å². The maximum absolute atomic E-state index is 10.8. The molecule has 1 N–H and O–H groups in total. The van der Waals surface area contributed by atoms with E-state index in [1.807, 2.05) is 30.3 Å². The average Bonchev–Trinajstić information content (AvgIpc) is 3.29. The zero-order valence-corrected chi connectivity index (χ0v) is 19.0. The molecule has 4 rings (SSSR count). The van der Waals surface area contributed by atoms with Gasteiger partial charge < -0.3 is 14.4 Å². The van der Waals surface area contributed by atoms with Crippen LogP contribution in [0.3, 0.4) is 0 Å². The zero-order chi connectivity index (χ0) is 23.4. The number of aliphatic carboxylic acids is 1. The minimum Gasteiger partial charge on any atom is -0.481 e. The molecule has 0 atom stereocenters. The summed E-state index contributed by atoms with van der Waals surface area (Å²) in [5.41, 5.74) is 6.30. The van der Waals surface area contributed by atoms with Crippen molar-refractivity contribution >= 4 is 17.6 Å². The van der Waals surface area contributed by atoms with E-state index in [1.54, 1.807) is 19.4 Å². The maximum atomic E-state index is 10.8. The summed E-state index contributed by atoms with van der Waals surface area (Å²) in [5, 5.41) is 13.3. The minimum absolute atomic E-state index is 0.0409. The van der Waals surface area contributed by atoms with E-state index in [1.165, 1.54) is 5.56 Å². The summed E-state index contributed by atoms with van der Waals surface area (Å²) < 4.78 is 10.9. The van der Waals surface area contributed by atoms with Gasteiger partial charge in [-0.2, -0.15) is 4.98 Å². The second-order valence-electron chi connectivity index (χ2n) is 7.59. The molecule has 0 saturated carbocycles. The summed E-state index contributed by atoms with van der Waals surface area (Å²) in [6.07, 6.45) is 1.78. The second kappa shape index (κ2) is 9.94. The smallest absolute Gasteiger partial charge is 0.303 e. The number of methoxy groups -OCH3 is 1. The van der Waals surface area contributed by atoms with Gasteiger partial charge in [0.1, 0.15) is 0 Å². The molecule has 0 aliphatic rings. The van der Waals surface area contributed by atoms with Gasteiger partial charge in [-0.3, -0.25) is 9.78 Å². The molecule has 0 aliphatic carbocycles. The van der Waals surface area contributed by atoms with Crippen LogP contribution in [-0.4, -0.2) is 33.3 Å². The molecule has 2 aromatic heterocycles. The SMILES string of the molecule is COCc1cc(-c2nc(-c3cnc(CCC(=O)O)c(Cl)c3)no2)ccc1-c1ccccc1C. The van der Waals surface area contributed by atoms with Crippen molar-refractivity contribution in [3.63, 3.8) is 0 Å². The summed E-state index contributed by atoms with van der Waals surface area (Å²) in [6.45, 7) is 2.52. The Hall–Kier alpha value is -3.55. The van der Waals surface area contributed by atoms with E-state index in [0.29, 0.717) is 34.6 Å². The van der Waals surface area contributed by atoms with Crippen LogP contribution in [0.25, 0.3) is 34.0 Å². The lowest BCUT2D eigenvalue weighted by Crippen LogP contribution is -2.00. The van der Waals surface area contributed by atoms with Gasteiger partial charge in [0.2, 0.25) is 5.82 Å². The Bertz CT molecular complexity index is 1300. The number of nitrogens with zero attached hydrogens (tertiary/aromatic N) is 3. The molecular weight excluding hydrogens is 442 g/mol. The standard InChI is InChI=1S/C25H22ClN3O4/c1-15-5-3-4-6-19(15)20-8-7-16(11-18(20)14-32-2)25-28-24(29-33-25)17-12-21(26)22(27-13-17)9-10-23(30)31/h3-8,11-13H,9-10,14H2,1-2H3,(H,30,31). The van der Waals surface area contributed by atoms with Gasteiger partial charge in [-0.25, -0.2) is 0 Å². The monoisotopic (exact) mass is 463 g/mol. The van der Waals surface area contributed by atoms with Crippen molar-refractivity contribution in [1.29, 1.82) is 0 Å². The van der Waals surface area contributed by atoms with Crippen molar-refractivity contribution in [3.05, 3.63) is 76.6 Å². The predicted molar refractivity (Wildman–Crippen MR) is 125 cm³/mol. The number of pyridine rings is 1. The number of halogens is 1. The van der Waals surface area contributed by atoms with Crippen LogP contribution in [0.1, 0.15) is 23.2 Å². The molecule has 2 heterocycles. The van der Waals surface area contributed by atoms with Gasteiger partial charge >= 0.3 is 5.97 Å². The van der Waals surface area contributed by atoms with E-state index in [9.17, 15) is 4.79 Å². The molecule has 33 heavy (non-hydrogen) atoms. The highest BCUT2D eigenvalue weighted by molar-refractivity contribution is 6.31. The van der Waals surface area contributed by atoms with Gasteiger partial charge in [0.05, 0.1) is 23.7 Å². The lowest BCUT2D eigenvalue weighted by atomic mass is 9.94. The number of hydrogen-bond donors (Lipinski definition) is 1. The largest absolute Gasteiger partial charge is 0.481 e.